The maximum atomic E-state index is 12.7. The molecule has 4 N–H and O–H groups in total. The summed E-state index contributed by atoms with van der Waals surface area (Å²) in [5.41, 5.74) is 4.43. The highest BCUT2D eigenvalue weighted by atomic mass is 35.5. The van der Waals surface area contributed by atoms with E-state index in [1.54, 1.807) is 37.4 Å². The van der Waals surface area contributed by atoms with Crippen molar-refractivity contribution in [3.8, 4) is 22.8 Å². The van der Waals surface area contributed by atoms with Crippen molar-refractivity contribution in [3.05, 3.63) is 107 Å². The smallest absolute Gasteiger partial charge is 0.339 e. The largest absolute Gasteiger partial charge is 0.507 e. The van der Waals surface area contributed by atoms with Crippen molar-refractivity contribution >= 4 is 51.7 Å². The molecule has 5 rings (SSSR count). The number of phenols is 1. The van der Waals surface area contributed by atoms with E-state index < -0.39 is 17.8 Å². The van der Waals surface area contributed by atoms with Crippen LogP contribution in [-0.4, -0.2) is 32.6 Å². The van der Waals surface area contributed by atoms with Gasteiger partial charge >= 0.3 is 17.8 Å². The molecule has 212 valence electrons. The van der Waals surface area contributed by atoms with Gasteiger partial charge in [-0.3, -0.25) is 9.59 Å². The van der Waals surface area contributed by atoms with Gasteiger partial charge in [-0.1, -0.05) is 54.1 Å². The second kappa shape index (κ2) is 11.7. The molecule has 42 heavy (non-hydrogen) atoms. The number of aromatic hydroxyl groups is 1. The summed E-state index contributed by atoms with van der Waals surface area (Å²) in [5.74, 6) is -2.87. The maximum Gasteiger partial charge on any atom is 0.339 e. The number of hydrogen-bond donors (Lipinski definition) is 4. The number of nitrogens with one attached hydrogen (secondary N) is 2. The van der Waals surface area contributed by atoms with Crippen LogP contribution >= 0.6 is 11.6 Å². The number of aromatic nitrogens is 1. The van der Waals surface area contributed by atoms with E-state index in [1.807, 2.05) is 47.9 Å². The second-order valence-corrected chi connectivity index (χ2v) is 10.0. The predicted octanol–water partition coefficient (Wildman–Crippen LogP) is 6.37. The van der Waals surface area contributed by atoms with E-state index in [9.17, 15) is 24.6 Å². The number of anilines is 2. The highest BCUT2D eigenvalue weighted by Gasteiger charge is 2.20. The number of rotatable bonds is 7. The number of benzene rings is 4. The Labute approximate surface area is 245 Å². The van der Waals surface area contributed by atoms with Gasteiger partial charge in [0.2, 0.25) is 0 Å². The van der Waals surface area contributed by atoms with Crippen molar-refractivity contribution in [2.24, 2.45) is 7.05 Å². The first-order chi connectivity index (χ1) is 20.1. The molecule has 0 aliphatic carbocycles. The Balaban J connectivity index is 1.29. The van der Waals surface area contributed by atoms with Gasteiger partial charge in [-0.05, 0) is 54.4 Å². The Hall–Kier alpha value is -5.28. The molecule has 0 bridgehead atoms. The Morgan fingerprint density at radius 1 is 0.881 bits per heavy atom. The van der Waals surface area contributed by atoms with Gasteiger partial charge in [-0.25, -0.2) is 4.79 Å². The molecule has 4 aromatic carbocycles. The van der Waals surface area contributed by atoms with E-state index in [0.717, 1.165) is 22.4 Å². The molecule has 0 aliphatic heterocycles. The third-order valence-electron chi connectivity index (χ3n) is 6.83. The van der Waals surface area contributed by atoms with E-state index in [-0.39, 0.29) is 16.3 Å². The van der Waals surface area contributed by atoms with Gasteiger partial charge in [0.25, 0.3) is 0 Å². The summed E-state index contributed by atoms with van der Waals surface area (Å²) in [6, 6.07) is 24.1. The van der Waals surface area contributed by atoms with Gasteiger partial charge in [0.15, 0.2) is 0 Å². The molecule has 2 amide bonds. The van der Waals surface area contributed by atoms with Crippen LogP contribution in [0.5, 0.6) is 11.5 Å². The highest BCUT2D eigenvalue weighted by molar-refractivity contribution is 6.43. The summed E-state index contributed by atoms with van der Waals surface area (Å²) >= 11 is 6.33. The van der Waals surface area contributed by atoms with Gasteiger partial charge in [-0.15, -0.1) is 0 Å². The lowest BCUT2D eigenvalue weighted by Gasteiger charge is -2.11. The number of aromatic carboxylic acids is 1. The Morgan fingerprint density at radius 2 is 1.57 bits per heavy atom. The zero-order chi connectivity index (χ0) is 30.0. The zero-order valence-electron chi connectivity index (χ0n) is 22.6. The summed E-state index contributed by atoms with van der Waals surface area (Å²) in [4.78, 5) is 36.9. The molecule has 10 heteroatoms. The second-order valence-electron chi connectivity index (χ2n) is 9.63. The fraction of sp³-hybridized carbons (Fsp3) is 0.0938. The average Bonchev–Trinajstić information content (AvgIpc) is 3.21. The molecule has 0 fully saturated rings. The van der Waals surface area contributed by atoms with E-state index in [1.165, 1.54) is 18.2 Å². The van der Waals surface area contributed by atoms with Crippen LogP contribution in [0.3, 0.4) is 0 Å². The molecule has 5 aromatic rings. The van der Waals surface area contributed by atoms with E-state index in [4.69, 9.17) is 16.3 Å². The van der Waals surface area contributed by atoms with Crippen LogP contribution < -0.4 is 15.4 Å². The zero-order valence-corrected chi connectivity index (χ0v) is 23.4. The average molecular weight is 584 g/mol. The van der Waals surface area contributed by atoms with Gasteiger partial charge in [0, 0.05) is 35.4 Å². The first-order valence-electron chi connectivity index (χ1n) is 12.9. The van der Waals surface area contributed by atoms with Crippen LogP contribution in [0, 0.1) is 6.92 Å². The van der Waals surface area contributed by atoms with Gasteiger partial charge in [0.05, 0.1) is 16.2 Å². The van der Waals surface area contributed by atoms with E-state index in [2.05, 4.69) is 10.6 Å². The van der Waals surface area contributed by atoms with Crippen molar-refractivity contribution in [2.75, 3.05) is 10.6 Å². The lowest BCUT2D eigenvalue weighted by Crippen LogP contribution is -2.29. The van der Waals surface area contributed by atoms with Gasteiger partial charge < -0.3 is 30.2 Å². The molecule has 0 saturated heterocycles. The van der Waals surface area contributed by atoms with Gasteiger partial charge in [-0.2, -0.15) is 0 Å². The molecule has 1 aromatic heterocycles. The molecule has 0 atom stereocenters. The summed E-state index contributed by atoms with van der Waals surface area (Å²) in [5, 5.41) is 25.7. The maximum absolute atomic E-state index is 12.7. The quantitative estimate of drug-likeness (QED) is 0.165. The van der Waals surface area contributed by atoms with Crippen LogP contribution in [0.1, 0.15) is 21.5 Å². The number of hydrogen-bond acceptors (Lipinski definition) is 5. The third kappa shape index (κ3) is 5.77. The SMILES string of the molecule is Cc1c(-c2cccc(NC(=O)C(=O)Nc3ccc(OCc4ccccc4)c(Cl)c3)c2)n(C)c2cc(O)c(C(=O)O)cc12. The molecular formula is C32H26ClN3O6. The summed E-state index contributed by atoms with van der Waals surface area (Å²) in [7, 11) is 1.80. The van der Waals surface area contributed by atoms with Crippen LogP contribution in [0.15, 0.2) is 84.9 Å². The number of fused-ring (bicyclic) bond motifs is 1. The lowest BCUT2D eigenvalue weighted by molar-refractivity contribution is -0.132. The topological polar surface area (TPSA) is 130 Å². The molecule has 9 nitrogen and oxygen atoms in total. The van der Waals surface area contributed by atoms with Crippen LogP contribution in [0.4, 0.5) is 11.4 Å². The molecule has 0 radical (unpaired) electrons. The normalized spacial score (nSPS) is 10.8. The number of halogens is 1. The number of nitrogens with zero attached hydrogens (tertiary/aromatic N) is 1. The van der Waals surface area contributed by atoms with Crippen molar-refractivity contribution in [2.45, 2.75) is 13.5 Å². The molecule has 0 spiro atoms. The minimum atomic E-state index is -1.23. The van der Waals surface area contributed by atoms with Crippen molar-refractivity contribution in [1.82, 2.24) is 4.57 Å². The van der Waals surface area contributed by atoms with Crippen molar-refractivity contribution in [1.29, 1.82) is 0 Å². The Morgan fingerprint density at radius 3 is 2.24 bits per heavy atom. The summed E-state index contributed by atoms with van der Waals surface area (Å²) < 4.78 is 7.58. The first-order valence-corrected chi connectivity index (χ1v) is 13.2. The highest BCUT2D eigenvalue weighted by Crippen LogP contribution is 2.36. The van der Waals surface area contributed by atoms with Crippen molar-refractivity contribution in [3.63, 3.8) is 0 Å². The van der Waals surface area contributed by atoms with E-state index in [0.29, 0.717) is 34.6 Å². The number of amides is 2. The molecular weight excluding hydrogens is 558 g/mol. The third-order valence-corrected chi connectivity index (χ3v) is 7.12. The number of carbonyl (C=O) groups excluding carboxylic acids is 2. The first kappa shape index (κ1) is 28.3. The van der Waals surface area contributed by atoms with E-state index >= 15 is 0 Å². The lowest BCUT2D eigenvalue weighted by atomic mass is 10.0. The summed E-state index contributed by atoms with van der Waals surface area (Å²) in [6.07, 6.45) is 0. The van der Waals surface area contributed by atoms with Crippen molar-refractivity contribution < 1.29 is 29.3 Å². The summed E-state index contributed by atoms with van der Waals surface area (Å²) in [6.45, 7) is 2.18. The predicted molar refractivity (Wildman–Crippen MR) is 161 cm³/mol. The van der Waals surface area contributed by atoms with Gasteiger partial charge in [0.1, 0.15) is 23.7 Å². The standard InChI is InChI=1S/C32H26ClN3O6/c1-18-23-15-24(32(40)41)27(37)16-26(23)36(2)29(18)20-9-6-10-21(13-20)34-30(38)31(39)35-22-11-12-28(25(33)14-22)42-17-19-7-4-3-5-8-19/h3-16,37H,17H2,1-2H3,(H,34,38)(H,35,39)(H,40,41). The molecule has 0 unspecified atom stereocenters. The number of ether oxygens (including phenoxy) is 1. The minimum Gasteiger partial charge on any atom is -0.507 e. The number of carboxylic acids is 1. The number of carbonyl (C=O) groups is 3. The number of carboxylic acid groups (broad SMARTS) is 1. The fourth-order valence-corrected chi connectivity index (χ4v) is 5.02. The molecule has 0 aliphatic rings. The fourth-order valence-electron chi connectivity index (χ4n) is 4.79. The van der Waals surface area contributed by atoms with Crippen LogP contribution in [-0.2, 0) is 23.2 Å². The van der Waals surface area contributed by atoms with Crippen LogP contribution in [0.2, 0.25) is 5.02 Å². The monoisotopic (exact) mass is 583 g/mol. The number of aryl methyl sites for hydroxylation is 2. The molecule has 1 heterocycles. The molecule has 0 saturated carbocycles. The minimum absolute atomic E-state index is 0.189. The Kier molecular flexibility index (Phi) is 7.86. The van der Waals surface area contributed by atoms with Crippen LogP contribution in [0.25, 0.3) is 22.2 Å². The Bertz CT molecular complexity index is 1850.